The standard InChI is InChI=1S/C27H27N3O2/c1-20-9-8-14-25(21(20)2)32-18-17-30-24-13-7-6-12-23(24)29-26(30)19-28-27(31)16-15-22-10-4-3-5-11-22/h3-16H,17-19H2,1-2H3,(H,28,31)/b16-15-. The van der Waals surface area contributed by atoms with E-state index in [0.29, 0.717) is 19.7 Å². The van der Waals surface area contributed by atoms with Gasteiger partial charge in [-0.25, -0.2) is 4.98 Å². The van der Waals surface area contributed by atoms with Gasteiger partial charge in [-0.1, -0.05) is 54.6 Å². The second kappa shape index (κ2) is 9.96. The molecule has 5 nitrogen and oxygen atoms in total. The number of benzene rings is 3. The Balaban J connectivity index is 1.44. The number of para-hydroxylation sites is 2. The van der Waals surface area contributed by atoms with E-state index in [4.69, 9.17) is 9.72 Å². The molecule has 1 heterocycles. The summed E-state index contributed by atoms with van der Waals surface area (Å²) in [4.78, 5) is 17.1. The van der Waals surface area contributed by atoms with Gasteiger partial charge in [0, 0.05) is 6.08 Å². The van der Waals surface area contributed by atoms with Crippen molar-refractivity contribution >= 4 is 23.0 Å². The molecule has 0 spiro atoms. The second-order valence-electron chi connectivity index (χ2n) is 7.68. The fourth-order valence-electron chi connectivity index (χ4n) is 3.60. The molecule has 1 aromatic heterocycles. The Bertz CT molecular complexity index is 1240. The first-order chi connectivity index (χ1) is 15.6. The van der Waals surface area contributed by atoms with Crippen molar-refractivity contribution in [3.05, 3.63) is 101 Å². The smallest absolute Gasteiger partial charge is 0.244 e. The lowest BCUT2D eigenvalue weighted by atomic mass is 10.1. The number of imidazole rings is 1. The third-order valence-corrected chi connectivity index (χ3v) is 5.51. The van der Waals surface area contributed by atoms with Crippen molar-refractivity contribution in [3.8, 4) is 5.75 Å². The minimum absolute atomic E-state index is 0.154. The van der Waals surface area contributed by atoms with Crippen LogP contribution >= 0.6 is 0 Å². The first-order valence-corrected chi connectivity index (χ1v) is 10.8. The molecule has 0 aliphatic heterocycles. The highest BCUT2D eigenvalue weighted by Crippen LogP contribution is 2.21. The predicted octanol–water partition coefficient (Wildman–Crippen LogP) is 5.06. The van der Waals surface area contributed by atoms with E-state index < -0.39 is 0 Å². The quantitative estimate of drug-likeness (QED) is 0.402. The van der Waals surface area contributed by atoms with Crippen molar-refractivity contribution in [1.82, 2.24) is 14.9 Å². The molecule has 0 aliphatic carbocycles. The largest absolute Gasteiger partial charge is 0.491 e. The lowest BCUT2D eigenvalue weighted by molar-refractivity contribution is -0.116. The molecule has 1 amide bonds. The third-order valence-electron chi connectivity index (χ3n) is 5.51. The van der Waals surface area contributed by atoms with Gasteiger partial charge < -0.3 is 14.6 Å². The second-order valence-corrected chi connectivity index (χ2v) is 7.68. The Morgan fingerprint density at radius 3 is 2.62 bits per heavy atom. The lowest BCUT2D eigenvalue weighted by Gasteiger charge is -2.13. The molecule has 0 unspecified atom stereocenters. The van der Waals surface area contributed by atoms with E-state index in [1.54, 1.807) is 12.2 Å². The molecule has 32 heavy (non-hydrogen) atoms. The molecule has 0 fully saturated rings. The van der Waals surface area contributed by atoms with Gasteiger partial charge in [0.05, 0.1) is 24.1 Å². The zero-order valence-corrected chi connectivity index (χ0v) is 18.4. The van der Waals surface area contributed by atoms with Crippen LogP contribution in [0.4, 0.5) is 0 Å². The summed E-state index contributed by atoms with van der Waals surface area (Å²) in [5, 5.41) is 2.95. The summed E-state index contributed by atoms with van der Waals surface area (Å²) in [6, 6.07) is 23.8. The summed E-state index contributed by atoms with van der Waals surface area (Å²) in [5.74, 6) is 1.55. The van der Waals surface area contributed by atoms with Crippen LogP contribution in [0.25, 0.3) is 17.1 Å². The number of carbonyl (C=O) groups is 1. The minimum atomic E-state index is -0.154. The number of rotatable bonds is 8. The summed E-state index contributed by atoms with van der Waals surface area (Å²) in [6.45, 7) is 5.65. The van der Waals surface area contributed by atoms with E-state index in [1.807, 2.05) is 66.7 Å². The average molecular weight is 426 g/mol. The zero-order valence-electron chi connectivity index (χ0n) is 18.4. The molecule has 4 rings (SSSR count). The number of aryl methyl sites for hydroxylation is 1. The average Bonchev–Trinajstić information content (AvgIpc) is 3.17. The van der Waals surface area contributed by atoms with Crippen molar-refractivity contribution in [3.63, 3.8) is 0 Å². The van der Waals surface area contributed by atoms with Crippen LogP contribution in [0.5, 0.6) is 5.75 Å². The fraction of sp³-hybridized carbons (Fsp3) is 0.185. The highest BCUT2D eigenvalue weighted by atomic mass is 16.5. The van der Waals surface area contributed by atoms with Crippen molar-refractivity contribution in [2.24, 2.45) is 0 Å². The number of amides is 1. The number of hydrogen-bond acceptors (Lipinski definition) is 3. The van der Waals surface area contributed by atoms with Gasteiger partial charge in [0.2, 0.25) is 5.91 Å². The summed E-state index contributed by atoms with van der Waals surface area (Å²) >= 11 is 0. The number of carbonyl (C=O) groups excluding carboxylic acids is 1. The Hall–Kier alpha value is -3.86. The van der Waals surface area contributed by atoms with Crippen LogP contribution in [0.1, 0.15) is 22.5 Å². The summed E-state index contributed by atoms with van der Waals surface area (Å²) < 4.78 is 8.17. The van der Waals surface area contributed by atoms with Crippen molar-refractivity contribution < 1.29 is 9.53 Å². The molecule has 0 atom stereocenters. The van der Waals surface area contributed by atoms with E-state index in [-0.39, 0.29) is 5.91 Å². The van der Waals surface area contributed by atoms with Gasteiger partial charge >= 0.3 is 0 Å². The molecule has 1 N–H and O–H groups in total. The van der Waals surface area contributed by atoms with E-state index in [9.17, 15) is 4.79 Å². The Kier molecular flexibility index (Phi) is 6.66. The third kappa shape index (κ3) is 5.06. The van der Waals surface area contributed by atoms with E-state index in [2.05, 4.69) is 29.8 Å². The van der Waals surface area contributed by atoms with Gasteiger partial charge in [-0.15, -0.1) is 0 Å². The van der Waals surface area contributed by atoms with E-state index >= 15 is 0 Å². The van der Waals surface area contributed by atoms with Crippen LogP contribution in [0.2, 0.25) is 0 Å². The van der Waals surface area contributed by atoms with Crippen LogP contribution in [-0.4, -0.2) is 22.1 Å². The first kappa shape index (κ1) is 21.4. The molecule has 0 saturated carbocycles. The Morgan fingerprint density at radius 2 is 1.78 bits per heavy atom. The number of aromatic nitrogens is 2. The van der Waals surface area contributed by atoms with Gasteiger partial charge in [-0.3, -0.25) is 4.79 Å². The van der Waals surface area contributed by atoms with Gasteiger partial charge in [0.15, 0.2) is 0 Å². The Labute approximate surface area is 188 Å². The minimum Gasteiger partial charge on any atom is -0.491 e. The van der Waals surface area contributed by atoms with Gasteiger partial charge in [-0.2, -0.15) is 0 Å². The van der Waals surface area contributed by atoms with E-state index in [0.717, 1.165) is 33.7 Å². The van der Waals surface area contributed by atoms with Crippen LogP contribution in [0.15, 0.2) is 78.9 Å². The molecule has 3 aromatic carbocycles. The maximum atomic E-state index is 12.3. The molecule has 0 radical (unpaired) electrons. The number of nitrogens with one attached hydrogen (secondary N) is 1. The maximum Gasteiger partial charge on any atom is 0.244 e. The number of nitrogens with zero attached hydrogens (tertiary/aromatic N) is 2. The molecule has 0 saturated heterocycles. The summed E-state index contributed by atoms with van der Waals surface area (Å²) in [6.07, 6.45) is 3.35. The molecule has 0 bridgehead atoms. The molecular weight excluding hydrogens is 398 g/mol. The van der Waals surface area contributed by atoms with Crippen LogP contribution in [0.3, 0.4) is 0 Å². The molecular formula is C27H27N3O2. The first-order valence-electron chi connectivity index (χ1n) is 10.8. The number of fused-ring (bicyclic) bond motifs is 1. The van der Waals surface area contributed by atoms with Crippen molar-refractivity contribution in [1.29, 1.82) is 0 Å². The van der Waals surface area contributed by atoms with Crippen LogP contribution in [-0.2, 0) is 17.9 Å². The molecule has 4 aromatic rings. The SMILES string of the molecule is Cc1cccc(OCCn2c(CNC(=O)/C=C\c3ccccc3)nc3ccccc32)c1C. The fourth-order valence-corrected chi connectivity index (χ4v) is 3.60. The molecule has 0 aliphatic rings. The normalized spacial score (nSPS) is 11.2. The maximum absolute atomic E-state index is 12.3. The predicted molar refractivity (Wildman–Crippen MR) is 128 cm³/mol. The topological polar surface area (TPSA) is 56.1 Å². The summed E-state index contributed by atoms with van der Waals surface area (Å²) in [7, 11) is 0. The van der Waals surface area contributed by atoms with Crippen molar-refractivity contribution in [2.45, 2.75) is 26.9 Å². The summed E-state index contributed by atoms with van der Waals surface area (Å²) in [5.41, 5.74) is 5.28. The number of hydrogen-bond donors (Lipinski definition) is 1. The van der Waals surface area contributed by atoms with Crippen LogP contribution in [0, 0.1) is 13.8 Å². The van der Waals surface area contributed by atoms with Gasteiger partial charge in [-0.05, 0) is 54.8 Å². The molecule has 162 valence electrons. The monoisotopic (exact) mass is 425 g/mol. The van der Waals surface area contributed by atoms with Gasteiger partial charge in [0.25, 0.3) is 0 Å². The van der Waals surface area contributed by atoms with Gasteiger partial charge in [0.1, 0.15) is 18.2 Å². The lowest BCUT2D eigenvalue weighted by Crippen LogP contribution is -2.23. The van der Waals surface area contributed by atoms with Crippen molar-refractivity contribution in [2.75, 3.05) is 6.61 Å². The Morgan fingerprint density at radius 1 is 1.00 bits per heavy atom. The number of ether oxygens (including phenoxy) is 1. The molecule has 5 heteroatoms. The highest BCUT2D eigenvalue weighted by molar-refractivity contribution is 5.91. The zero-order chi connectivity index (χ0) is 22.3. The highest BCUT2D eigenvalue weighted by Gasteiger charge is 2.11. The van der Waals surface area contributed by atoms with Crippen LogP contribution < -0.4 is 10.1 Å². The van der Waals surface area contributed by atoms with E-state index in [1.165, 1.54) is 5.56 Å².